The van der Waals surface area contributed by atoms with E-state index in [1.165, 1.54) is 18.2 Å². The summed E-state index contributed by atoms with van der Waals surface area (Å²) >= 11 is 0. The van der Waals surface area contributed by atoms with Gasteiger partial charge >= 0.3 is 0 Å². The molecule has 0 fully saturated rings. The minimum Gasteiger partial charge on any atom is -0.399 e. The average molecular weight is 279 g/mol. The van der Waals surface area contributed by atoms with Gasteiger partial charge in [0.1, 0.15) is 5.82 Å². The molecule has 0 saturated carbocycles. The molecule has 0 aliphatic carbocycles. The molecule has 0 bridgehead atoms. The van der Waals surface area contributed by atoms with E-state index < -0.39 is 5.82 Å². The summed E-state index contributed by atoms with van der Waals surface area (Å²) in [5.74, 6) is -0.923. The predicted molar refractivity (Wildman–Crippen MR) is 82.9 cm³/mol. The second kappa shape index (κ2) is 5.02. The van der Waals surface area contributed by atoms with Crippen molar-refractivity contribution >= 4 is 22.2 Å². The zero-order chi connectivity index (χ0) is 15.0. The molecule has 0 aliphatic rings. The molecular formula is C18H14FNO. The standard InChI is InChI=1S/C18H14FNO/c1-11-6-8-15(14-5-3-2-4-13(11)14)18(21)16-9-7-12(20)10-17(16)19/h2-10H,20H2,1H3. The van der Waals surface area contributed by atoms with Crippen LogP contribution in [0.3, 0.4) is 0 Å². The quantitative estimate of drug-likeness (QED) is 0.567. The normalized spacial score (nSPS) is 10.8. The topological polar surface area (TPSA) is 43.1 Å². The van der Waals surface area contributed by atoms with Crippen LogP contribution in [-0.2, 0) is 0 Å². The van der Waals surface area contributed by atoms with Gasteiger partial charge in [-0.25, -0.2) is 4.39 Å². The predicted octanol–water partition coefficient (Wildman–Crippen LogP) is 4.10. The number of nitrogens with two attached hydrogens (primary N) is 1. The molecular weight excluding hydrogens is 265 g/mol. The van der Waals surface area contributed by atoms with E-state index in [0.29, 0.717) is 11.3 Å². The number of rotatable bonds is 2. The van der Waals surface area contributed by atoms with Gasteiger partial charge in [0.15, 0.2) is 5.78 Å². The third-order valence-electron chi connectivity index (χ3n) is 3.62. The Morgan fingerprint density at radius 1 is 0.952 bits per heavy atom. The van der Waals surface area contributed by atoms with Crippen LogP contribution in [0.4, 0.5) is 10.1 Å². The van der Waals surface area contributed by atoms with E-state index in [4.69, 9.17) is 5.73 Å². The van der Waals surface area contributed by atoms with Crippen molar-refractivity contribution in [3.63, 3.8) is 0 Å². The lowest BCUT2D eigenvalue weighted by atomic mass is 9.94. The lowest BCUT2D eigenvalue weighted by Gasteiger charge is -2.09. The van der Waals surface area contributed by atoms with Gasteiger partial charge in [0.2, 0.25) is 0 Å². The summed E-state index contributed by atoms with van der Waals surface area (Å²) in [5, 5.41) is 1.83. The van der Waals surface area contributed by atoms with Crippen molar-refractivity contribution < 1.29 is 9.18 Å². The molecule has 3 heteroatoms. The number of fused-ring (bicyclic) bond motifs is 1. The number of carbonyl (C=O) groups is 1. The lowest BCUT2D eigenvalue weighted by molar-refractivity contribution is 0.103. The van der Waals surface area contributed by atoms with Gasteiger partial charge in [-0.2, -0.15) is 0 Å². The van der Waals surface area contributed by atoms with Crippen LogP contribution in [0, 0.1) is 12.7 Å². The van der Waals surface area contributed by atoms with E-state index in [2.05, 4.69) is 0 Å². The van der Waals surface area contributed by atoms with Crippen molar-refractivity contribution in [2.45, 2.75) is 6.92 Å². The van der Waals surface area contributed by atoms with Crippen LogP contribution in [0.15, 0.2) is 54.6 Å². The summed E-state index contributed by atoms with van der Waals surface area (Å²) in [6, 6.07) is 15.4. The van der Waals surface area contributed by atoms with Crippen molar-refractivity contribution in [1.29, 1.82) is 0 Å². The number of anilines is 1. The van der Waals surface area contributed by atoms with Gasteiger partial charge in [0.05, 0.1) is 5.56 Å². The highest BCUT2D eigenvalue weighted by Gasteiger charge is 2.17. The summed E-state index contributed by atoms with van der Waals surface area (Å²) in [6.45, 7) is 1.99. The maximum absolute atomic E-state index is 14.0. The molecule has 0 heterocycles. The Morgan fingerprint density at radius 2 is 1.62 bits per heavy atom. The Morgan fingerprint density at radius 3 is 2.33 bits per heavy atom. The van der Waals surface area contributed by atoms with E-state index in [1.54, 1.807) is 6.07 Å². The summed E-state index contributed by atoms with van der Waals surface area (Å²) < 4.78 is 14.0. The van der Waals surface area contributed by atoms with Crippen molar-refractivity contribution in [1.82, 2.24) is 0 Å². The number of hydrogen-bond acceptors (Lipinski definition) is 2. The number of halogens is 1. The van der Waals surface area contributed by atoms with Gasteiger partial charge in [-0.3, -0.25) is 4.79 Å². The zero-order valence-corrected chi connectivity index (χ0v) is 11.6. The number of nitrogen functional groups attached to an aromatic ring is 1. The van der Waals surface area contributed by atoms with E-state index >= 15 is 0 Å². The van der Waals surface area contributed by atoms with Crippen LogP contribution >= 0.6 is 0 Å². The summed E-state index contributed by atoms with van der Waals surface area (Å²) in [5.41, 5.74) is 7.45. The molecule has 0 atom stereocenters. The fraction of sp³-hybridized carbons (Fsp3) is 0.0556. The van der Waals surface area contributed by atoms with Gasteiger partial charge in [-0.05, 0) is 41.5 Å². The molecule has 3 rings (SSSR count). The monoisotopic (exact) mass is 279 g/mol. The first-order chi connectivity index (χ1) is 10.1. The molecule has 2 nitrogen and oxygen atoms in total. The van der Waals surface area contributed by atoms with Crippen LogP contribution in [0.5, 0.6) is 0 Å². The second-order valence-electron chi connectivity index (χ2n) is 5.04. The third-order valence-corrected chi connectivity index (χ3v) is 3.62. The highest BCUT2D eigenvalue weighted by molar-refractivity contribution is 6.17. The smallest absolute Gasteiger partial charge is 0.196 e. The van der Waals surface area contributed by atoms with Gasteiger partial charge in [0.25, 0.3) is 0 Å². The van der Waals surface area contributed by atoms with E-state index in [1.807, 2.05) is 37.3 Å². The molecule has 2 N–H and O–H groups in total. The molecule has 0 unspecified atom stereocenters. The molecule has 0 aliphatic heterocycles. The lowest BCUT2D eigenvalue weighted by Crippen LogP contribution is -2.06. The third kappa shape index (κ3) is 2.27. The Balaban J connectivity index is 2.21. The van der Waals surface area contributed by atoms with Crippen LogP contribution in [0.1, 0.15) is 21.5 Å². The molecule has 0 aromatic heterocycles. The Kier molecular flexibility index (Phi) is 3.18. The summed E-state index contributed by atoms with van der Waals surface area (Å²) in [6.07, 6.45) is 0. The molecule has 0 radical (unpaired) electrons. The molecule has 0 saturated heterocycles. The van der Waals surface area contributed by atoms with Crippen molar-refractivity contribution in [3.05, 3.63) is 77.1 Å². The first kappa shape index (κ1) is 13.3. The minimum absolute atomic E-state index is 0.0400. The number of hydrogen-bond donors (Lipinski definition) is 1. The minimum atomic E-state index is -0.593. The number of ketones is 1. The Hall–Kier alpha value is -2.68. The van der Waals surface area contributed by atoms with Crippen molar-refractivity contribution in [2.75, 3.05) is 5.73 Å². The highest BCUT2D eigenvalue weighted by atomic mass is 19.1. The molecule has 0 spiro atoms. The van der Waals surface area contributed by atoms with Gasteiger partial charge in [-0.1, -0.05) is 36.4 Å². The first-order valence-corrected chi connectivity index (χ1v) is 6.66. The van der Waals surface area contributed by atoms with E-state index in [-0.39, 0.29) is 11.3 Å². The SMILES string of the molecule is Cc1ccc(C(=O)c2ccc(N)cc2F)c2ccccc12. The van der Waals surface area contributed by atoms with E-state index in [9.17, 15) is 9.18 Å². The summed E-state index contributed by atoms with van der Waals surface area (Å²) in [4.78, 5) is 12.6. The van der Waals surface area contributed by atoms with Gasteiger partial charge in [-0.15, -0.1) is 0 Å². The molecule has 3 aromatic rings. The molecule has 21 heavy (non-hydrogen) atoms. The molecule has 3 aromatic carbocycles. The Labute approximate surface area is 122 Å². The molecule has 104 valence electrons. The fourth-order valence-electron chi connectivity index (χ4n) is 2.51. The maximum Gasteiger partial charge on any atom is 0.196 e. The zero-order valence-electron chi connectivity index (χ0n) is 11.6. The van der Waals surface area contributed by atoms with Crippen LogP contribution in [0.25, 0.3) is 10.8 Å². The number of aryl methyl sites for hydroxylation is 1. The van der Waals surface area contributed by atoms with Gasteiger partial charge < -0.3 is 5.73 Å². The second-order valence-corrected chi connectivity index (χ2v) is 5.04. The number of carbonyl (C=O) groups excluding carboxylic acids is 1. The van der Waals surface area contributed by atoms with E-state index in [0.717, 1.165) is 16.3 Å². The average Bonchev–Trinajstić information content (AvgIpc) is 2.47. The van der Waals surface area contributed by atoms with Crippen LogP contribution < -0.4 is 5.73 Å². The molecule has 0 amide bonds. The summed E-state index contributed by atoms with van der Waals surface area (Å²) in [7, 11) is 0. The van der Waals surface area contributed by atoms with Crippen LogP contribution in [-0.4, -0.2) is 5.78 Å². The first-order valence-electron chi connectivity index (χ1n) is 6.66. The highest BCUT2D eigenvalue weighted by Crippen LogP contribution is 2.25. The van der Waals surface area contributed by atoms with Gasteiger partial charge in [0, 0.05) is 11.3 Å². The largest absolute Gasteiger partial charge is 0.399 e. The number of benzene rings is 3. The Bertz CT molecular complexity index is 855. The fourth-order valence-corrected chi connectivity index (χ4v) is 2.51. The maximum atomic E-state index is 14.0. The van der Waals surface area contributed by atoms with Crippen LogP contribution in [0.2, 0.25) is 0 Å². The van der Waals surface area contributed by atoms with Crippen molar-refractivity contribution in [3.8, 4) is 0 Å². The van der Waals surface area contributed by atoms with Crippen molar-refractivity contribution in [2.24, 2.45) is 0 Å².